The van der Waals surface area contributed by atoms with Crippen molar-refractivity contribution in [3.63, 3.8) is 0 Å². The fourth-order valence-corrected chi connectivity index (χ4v) is 4.29. The number of benzene rings is 1. The van der Waals surface area contributed by atoms with Crippen molar-refractivity contribution in [3.8, 4) is 0 Å². The van der Waals surface area contributed by atoms with Crippen LogP contribution >= 0.6 is 0 Å². The monoisotopic (exact) mass is 393 g/mol. The van der Waals surface area contributed by atoms with E-state index < -0.39 is 0 Å². The Bertz CT molecular complexity index is 779. The molecule has 1 aromatic carbocycles. The zero-order chi connectivity index (χ0) is 20.1. The minimum absolute atomic E-state index is 0.00445. The van der Waals surface area contributed by atoms with Crippen LogP contribution in [-0.4, -0.2) is 76.9 Å². The number of carbonyl (C=O) groups excluding carboxylic acids is 1. The van der Waals surface area contributed by atoms with Gasteiger partial charge in [-0.1, -0.05) is 24.3 Å². The third kappa shape index (κ3) is 5.40. The molecule has 0 saturated carbocycles. The van der Waals surface area contributed by atoms with E-state index in [0.717, 1.165) is 65.1 Å². The molecule has 6 heteroatoms. The van der Waals surface area contributed by atoms with E-state index in [1.165, 1.54) is 11.1 Å². The van der Waals surface area contributed by atoms with Crippen LogP contribution in [0.15, 0.2) is 42.9 Å². The SMILES string of the molecule is CN1CCN(Cc2ccc(CC3CCN(C(=O)c4cnccn4)CC3)cc2)CC1. The van der Waals surface area contributed by atoms with E-state index >= 15 is 0 Å². The molecule has 0 unspecified atom stereocenters. The first-order chi connectivity index (χ1) is 14.2. The number of rotatable bonds is 5. The van der Waals surface area contributed by atoms with Gasteiger partial charge in [0.15, 0.2) is 0 Å². The summed E-state index contributed by atoms with van der Waals surface area (Å²) in [5, 5.41) is 0. The molecule has 0 radical (unpaired) electrons. The summed E-state index contributed by atoms with van der Waals surface area (Å²) in [4.78, 5) is 27.5. The van der Waals surface area contributed by atoms with Gasteiger partial charge in [-0.05, 0) is 43.4 Å². The van der Waals surface area contributed by atoms with Crippen molar-refractivity contribution in [2.45, 2.75) is 25.8 Å². The van der Waals surface area contributed by atoms with Crippen LogP contribution in [0.2, 0.25) is 0 Å². The number of piperazine rings is 1. The Hall–Kier alpha value is -2.31. The Morgan fingerprint density at radius 3 is 2.31 bits per heavy atom. The summed E-state index contributed by atoms with van der Waals surface area (Å²) in [5.74, 6) is 0.647. The summed E-state index contributed by atoms with van der Waals surface area (Å²) in [6, 6.07) is 9.17. The first kappa shape index (κ1) is 20.0. The van der Waals surface area contributed by atoms with Crippen LogP contribution in [0.3, 0.4) is 0 Å². The van der Waals surface area contributed by atoms with Gasteiger partial charge in [-0.25, -0.2) is 4.98 Å². The van der Waals surface area contributed by atoms with E-state index in [-0.39, 0.29) is 5.91 Å². The Morgan fingerprint density at radius 1 is 0.966 bits per heavy atom. The van der Waals surface area contributed by atoms with Crippen LogP contribution in [0.5, 0.6) is 0 Å². The highest BCUT2D eigenvalue weighted by atomic mass is 16.2. The van der Waals surface area contributed by atoms with Crippen LogP contribution in [0.25, 0.3) is 0 Å². The minimum Gasteiger partial charge on any atom is -0.337 e. The minimum atomic E-state index is 0.00445. The lowest BCUT2D eigenvalue weighted by Gasteiger charge is -2.32. The van der Waals surface area contributed by atoms with Gasteiger partial charge in [0.2, 0.25) is 0 Å². The van der Waals surface area contributed by atoms with Gasteiger partial charge in [-0.2, -0.15) is 0 Å². The molecule has 154 valence electrons. The van der Waals surface area contributed by atoms with Gasteiger partial charge in [0, 0.05) is 58.2 Å². The quantitative estimate of drug-likeness (QED) is 0.780. The number of piperidine rings is 1. The first-order valence-corrected chi connectivity index (χ1v) is 10.7. The van der Waals surface area contributed by atoms with Crippen molar-refractivity contribution < 1.29 is 4.79 Å². The molecule has 2 aromatic rings. The van der Waals surface area contributed by atoms with Gasteiger partial charge in [0.05, 0.1) is 6.20 Å². The van der Waals surface area contributed by atoms with Crippen molar-refractivity contribution in [1.29, 1.82) is 0 Å². The number of likely N-dealkylation sites (tertiary alicyclic amines) is 1. The second-order valence-electron chi connectivity index (χ2n) is 8.43. The van der Waals surface area contributed by atoms with Crippen LogP contribution < -0.4 is 0 Å². The molecule has 1 amide bonds. The molecule has 0 spiro atoms. The third-order valence-corrected chi connectivity index (χ3v) is 6.23. The average Bonchev–Trinajstić information content (AvgIpc) is 2.77. The van der Waals surface area contributed by atoms with E-state index in [1.807, 2.05) is 4.90 Å². The van der Waals surface area contributed by atoms with Gasteiger partial charge in [0.1, 0.15) is 5.69 Å². The molecule has 0 N–H and O–H groups in total. The van der Waals surface area contributed by atoms with Crippen molar-refractivity contribution in [1.82, 2.24) is 24.7 Å². The molecular formula is C23H31N5O. The van der Waals surface area contributed by atoms with Gasteiger partial charge < -0.3 is 9.80 Å². The van der Waals surface area contributed by atoms with Gasteiger partial charge in [0.25, 0.3) is 5.91 Å². The number of aromatic nitrogens is 2. The van der Waals surface area contributed by atoms with Crippen molar-refractivity contribution in [2.24, 2.45) is 5.92 Å². The maximum atomic E-state index is 12.5. The lowest BCUT2D eigenvalue weighted by Crippen LogP contribution is -2.43. The third-order valence-electron chi connectivity index (χ3n) is 6.23. The molecule has 6 nitrogen and oxygen atoms in total. The Labute approximate surface area is 173 Å². The number of hydrogen-bond acceptors (Lipinski definition) is 5. The fourth-order valence-electron chi connectivity index (χ4n) is 4.29. The normalized spacial score (nSPS) is 19.4. The van der Waals surface area contributed by atoms with Crippen molar-refractivity contribution in [2.75, 3.05) is 46.3 Å². The average molecular weight is 394 g/mol. The van der Waals surface area contributed by atoms with Crippen LogP contribution in [-0.2, 0) is 13.0 Å². The van der Waals surface area contributed by atoms with Gasteiger partial charge in [-0.15, -0.1) is 0 Å². The summed E-state index contributed by atoms with van der Waals surface area (Å²) >= 11 is 0. The zero-order valence-electron chi connectivity index (χ0n) is 17.3. The predicted molar refractivity (Wildman–Crippen MR) is 114 cm³/mol. The maximum absolute atomic E-state index is 12.5. The highest BCUT2D eigenvalue weighted by Crippen LogP contribution is 2.23. The Morgan fingerprint density at radius 2 is 1.66 bits per heavy atom. The number of amides is 1. The summed E-state index contributed by atoms with van der Waals surface area (Å²) in [6.07, 6.45) is 7.93. The molecular weight excluding hydrogens is 362 g/mol. The van der Waals surface area contributed by atoms with E-state index in [4.69, 9.17) is 0 Å². The standard InChI is InChI=1S/C23H31N5O/c1-26-12-14-27(15-13-26)18-21-4-2-19(3-5-21)16-20-6-10-28(11-7-20)23(29)22-17-24-8-9-25-22/h2-5,8-9,17,20H,6-7,10-16,18H2,1H3. The topological polar surface area (TPSA) is 52.6 Å². The number of carbonyl (C=O) groups is 1. The predicted octanol–water partition coefficient (Wildman–Crippen LogP) is 2.32. The van der Waals surface area contributed by atoms with E-state index in [0.29, 0.717) is 11.6 Å². The highest BCUT2D eigenvalue weighted by Gasteiger charge is 2.24. The molecule has 2 fully saturated rings. The Balaban J connectivity index is 1.24. The van der Waals surface area contributed by atoms with Crippen LogP contribution in [0.4, 0.5) is 0 Å². The first-order valence-electron chi connectivity index (χ1n) is 10.7. The molecule has 1 aromatic heterocycles. The molecule has 2 saturated heterocycles. The van der Waals surface area contributed by atoms with Gasteiger partial charge >= 0.3 is 0 Å². The Kier molecular flexibility index (Phi) is 6.52. The smallest absolute Gasteiger partial charge is 0.274 e. The zero-order valence-corrected chi connectivity index (χ0v) is 17.3. The highest BCUT2D eigenvalue weighted by molar-refractivity contribution is 5.92. The van der Waals surface area contributed by atoms with E-state index in [2.05, 4.69) is 51.1 Å². The molecule has 0 bridgehead atoms. The summed E-state index contributed by atoms with van der Waals surface area (Å²) in [7, 11) is 2.20. The molecule has 4 rings (SSSR count). The van der Waals surface area contributed by atoms with Crippen LogP contribution in [0.1, 0.15) is 34.5 Å². The van der Waals surface area contributed by atoms with Crippen molar-refractivity contribution in [3.05, 3.63) is 59.7 Å². The molecule has 2 aliphatic rings. The second-order valence-corrected chi connectivity index (χ2v) is 8.43. The van der Waals surface area contributed by atoms with Crippen LogP contribution in [0, 0.1) is 5.92 Å². The number of likely N-dealkylation sites (N-methyl/N-ethyl adjacent to an activating group) is 1. The maximum Gasteiger partial charge on any atom is 0.274 e. The van der Waals surface area contributed by atoms with Gasteiger partial charge in [-0.3, -0.25) is 14.7 Å². The second kappa shape index (κ2) is 9.46. The van der Waals surface area contributed by atoms with E-state index in [9.17, 15) is 4.79 Å². The molecule has 2 aliphatic heterocycles. The summed E-state index contributed by atoms with van der Waals surface area (Å²) < 4.78 is 0. The number of nitrogens with zero attached hydrogens (tertiary/aromatic N) is 5. The largest absolute Gasteiger partial charge is 0.337 e. The lowest BCUT2D eigenvalue weighted by molar-refractivity contribution is 0.0684. The van der Waals surface area contributed by atoms with E-state index in [1.54, 1.807) is 18.6 Å². The molecule has 29 heavy (non-hydrogen) atoms. The molecule has 0 aliphatic carbocycles. The number of hydrogen-bond donors (Lipinski definition) is 0. The summed E-state index contributed by atoms with van der Waals surface area (Å²) in [6.45, 7) is 7.31. The molecule has 3 heterocycles. The summed E-state index contributed by atoms with van der Waals surface area (Å²) in [5.41, 5.74) is 3.26. The molecule has 0 atom stereocenters. The lowest BCUT2D eigenvalue weighted by atomic mass is 9.90. The fraction of sp³-hybridized carbons (Fsp3) is 0.522. The van der Waals surface area contributed by atoms with Crippen molar-refractivity contribution >= 4 is 5.91 Å².